The molecule has 0 aliphatic carbocycles. The van der Waals surface area contributed by atoms with Gasteiger partial charge in [-0.1, -0.05) is 12.1 Å². The predicted molar refractivity (Wildman–Crippen MR) is 93.9 cm³/mol. The van der Waals surface area contributed by atoms with Crippen molar-refractivity contribution in [3.05, 3.63) is 53.4 Å². The van der Waals surface area contributed by atoms with Gasteiger partial charge in [-0.05, 0) is 55.3 Å². The average Bonchev–Trinajstić information content (AvgIpc) is 3.32. The molecular formula is C20H20N2O3. The highest BCUT2D eigenvalue weighted by molar-refractivity contribution is 5.73. The quantitative estimate of drug-likeness (QED) is 0.727. The molecule has 0 N–H and O–H groups in total. The van der Waals surface area contributed by atoms with Crippen LogP contribution in [0.4, 0.5) is 0 Å². The summed E-state index contributed by atoms with van der Waals surface area (Å²) in [5, 5.41) is 0. The van der Waals surface area contributed by atoms with Gasteiger partial charge in [0.1, 0.15) is 5.52 Å². The first-order valence-corrected chi connectivity index (χ1v) is 8.72. The molecule has 2 aliphatic heterocycles. The molecular weight excluding hydrogens is 316 g/mol. The Labute approximate surface area is 146 Å². The van der Waals surface area contributed by atoms with E-state index in [1.807, 2.05) is 12.1 Å². The number of hydrogen-bond acceptors (Lipinski definition) is 5. The lowest BCUT2D eigenvalue weighted by Crippen LogP contribution is -2.19. The van der Waals surface area contributed by atoms with Crippen LogP contribution in [0.15, 0.2) is 40.8 Å². The summed E-state index contributed by atoms with van der Waals surface area (Å²) in [6, 6.07) is 12.4. The molecule has 0 bridgehead atoms. The van der Waals surface area contributed by atoms with Gasteiger partial charge in [0.05, 0.1) is 0 Å². The maximum atomic E-state index is 5.99. The van der Waals surface area contributed by atoms with E-state index >= 15 is 0 Å². The zero-order valence-electron chi connectivity index (χ0n) is 14.2. The summed E-state index contributed by atoms with van der Waals surface area (Å²) in [6.45, 7) is 5.34. The molecule has 0 amide bonds. The second-order valence-corrected chi connectivity index (χ2v) is 6.93. The highest BCUT2D eigenvalue weighted by Gasteiger charge is 2.28. The van der Waals surface area contributed by atoms with Crippen LogP contribution in [0, 0.1) is 6.92 Å². The van der Waals surface area contributed by atoms with E-state index in [1.54, 1.807) is 0 Å². The van der Waals surface area contributed by atoms with Gasteiger partial charge in [0.25, 0.3) is 0 Å². The highest BCUT2D eigenvalue weighted by atomic mass is 16.7. The maximum Gasteiger partial charge on any atom is 0.231 e. The van der Waals surface area contributed by atoms with Crippen LogP contribution in [-0.4, -0.2) is 29.8 Å². The van der Waals surface area contributed by atoms with E-state index in [2.05, 4.69) is 36.1 Å². The first kappa shape index (κ1) is 14.8. The van der Waals surface area contributed by atoms with Crippen molar-refractivity contribution in [2.45, 2.75) is 25.8 Å². The molecule has 3 heterocycles. The van der Waals surface area contributed by atoms with Crippen molar-refractivity contribution < 1.29 is 13.9 Å². The topological polar surface area (TPSA) is 47.7 Å². The molecule has 5 nitrogen and oxygen atoms in total. The Balaban J connectivity index is 1.30. The minimum atomic E-state index is 0.321. The van der Waals surface area contributed by atoms with Crippen molar-refractivity contribution >= 4 is 11.1 Å². The number of nitrogens with zero attached hydrogens (tertiary/aromatic N) is 2. The number of benzene rings is 2. The van der Waals surface area contributed by atoms with Crippen LogP contribution in [0.1, 0.15) is 29.4 Å². The number of oxazole rings is 1. The van der Waals surface area contributed by atoms with Gasteiger partial charge in [-0.2, -0.15) is 0 Å². The Hall–Kier alpha value is -2.53. The molecule has 0 unspecified atom stereocenters. The minimum absolute atomic E-state index is 0.321. The van der Waals surface area contributed by atoms with Gasteiger partial charge < -0.3 is 13.9 Å². The van der Waals surface area contributed by atoms with Gasteiger partial charge in [0, 0.05) is 19.0 Å². The number of ether oxygens (including phenoxy) is 2. The summed E-state index contributed by atoms with van der Waals surface area (Å²) < 4.78 is 16.8. The molecule has 5 heteroatoms. The molecule has 128 valence electrons. The Morgan fingerprint density at radius 1 is 1.12 bits per heavy atom. The number of rotatable bonds is 3. The van der Waals surface area contributed by atoms with E-state index in [0.717, 1.165) is 54.5 Å². The molecule has 0 saturated carbocycles. The molecule has 1 aromatic heterocycles. The second kappa shape index (κ2) is 5.77. The van der Waals surface area contributed by atoms with Crippen LogP contribution in [0.2, 0.25) is 0 Å². The van der Waals surface area contributed by atoms with Gasteiger partial charge in [-0.25, -0.2) is 4.98 Å². The van der Waals surface area contributed by atoms with Gasteiger partial charge >= 0.3 is 0 Å². The molecule has 1 saturated heterocycles. The summed E-state index contributed by atoms with van der Waals surface area (Å²) in [7, 11) is 0. The molecule has 3 aromatic rings. The summed E-state index contributed by atoms with van der Waals surface area (Å²) >= 11 is 0. The Morgan fingerprint density at radius 3 is 3.00 bits per heavy atom. The SMILES string of the molecule is Cc1ccc2oc([C@@H]3CCN(Cc4ccc5c(c4)OCO5)C3)nc2c1. The van der Waals surface area contributed by atoms with Crippen molar-refractivity contribution in [3.8, 4) is 11.5 Å². The lowest BCUT2D eigenvalue weighted by Gasteiger charge is -2.15. The van der Waals surface area contributed by atoms with Crippen LogP contribution >= 0.6 is 0 Å². The molecule has 2 aromatic carbocycles. The first-order chi connectivity index (χ1) is 12.2. The Morgan fingerprint density at radius 2 is 2.04 bits per heavy atom. The minimum Gasteiger partial charge on any atom is -0.454 e. The molecule has 0 spiro atoms. The highest BCUT2D eigenvalue weighted by Crippen LogP contribution is 2.34. The second-order valence-electron chi connectivity index (χ2n) is 6.93. The fraction of sp³-hybridized carbons (Fsp3) is 0.350. The summed E-state index contributed by atoms with van der Waals surface area (Å²) in [5.41, 5.74) is 4.31. The number of aromatic nitrogens is 1. The van der Waals surface area contributed by atoms with Crippen LogP contribution in [0.3, 0.4) is 0 Å². The Bertz CT molecular complexity index is 934. The predicted octanol–water partition coefficient (Wildman–Crippen LogP) is 3.85. The van der Waals surface area contributed by atoms with Crippen molar-refractivity contribution in [1.82, 2.24) is 9.88 Å². The standard InChI is InChI=1S/C20H20N2O3/c1-13-2-4-17-16(8-13)21-20(25-17)15-6-7-22(11-15)10-14-3-5-18-19(9-14)24-12-23-18/h2-5,8-9,15H,6-7,10-12H2,1H3/t15-/m1/s1. The fourth-order valence-electron chi connectivity index (χ4n) is 3.71. The van der Waals surface area contributed by atoms with E-state index in [-0.39, 0.29) is 0 Å². The molecule has 5 rings (SSSR count). The number of aryl methyl sites for hydroxylation is 1. The maximum absolute atomic E-state index is 5.99. The number of hydrogen-bond donors (Lipinski definition) is 0. The zero-order chi connectivity index (χ0) is 16.8. The summed E-state index contributed by atoms with van der Waals surface area (Å²) in [6.07, 6.45) is 1.08. The Kier molecular flexibility index (Phi) is 3.41. The molecule has 25 heavy (non-hydrogen) atoms. The van der Waals surface area contributed by atoms with Gasteiger partial charge in [-0.3, -0.25) is 4.90 Å². The van der Waals surface area contributed by atoms with Gasteiger partial charge in [-0.15, -0.1) is 0 Å². The lowest BCUT2D eigenvalue weighted by atomic mass is 10.1. The van der Waals surface area contributed by atoms with Crippen molar-refractivity contribution in [3.63, 3.8) is 0 Å². The average molecular weight is 336 g/mol. The van der Waals surface area contributed by atoms with E-state index in [1.165, 1.54) is 11.1 Å². The van der Waals surface area contributed by atoms with E-state index < -0.39 is 0 Å². The number of likely N-dealkylation sites (tertiary alicyclic amines) is 1. The van der Waals surface area contributed by atoms with Crippen LogP contribution < -0.4 is 9.47 Å². The van der Waals surface area contributed by atoms with Crippen molar-refractivity contribution in [2.24, 2.45) is 0 Å². The fourth-order valence-corrected chi connectivity index (χ4v) is 3.71. The monoisotopic (exact) mass is 336 g/mol. The number of fused-ring (bicyclic) bond motifs is 2. The van der Waals surface area contributed by atoms with E-state index in [4.69, 9.17) is 18.9 Å². The van der Waals surface area contributed by atoms with Gasteiger partial charge in [0.15, 0.2) is 23.0 Å². The molecule has 0 radical (unpaired) electrons. The summed E-state index contributed by atoms with van der Waals surface area (Å²) in [5.74, 6) is 2.92. The van der Waals surface area contributed by atoms with E-state index in [9.17, 15) is 0 Å². The first-order valence-electron chi connectivity index (χ1n) is 8.72. The molecule has 1 atom stereocenters. The lowest BCUT2D eigenvalue weighted by molar-refractivity contribution is 0.174. The third-order valence-corrected chi connectivity index (χ3v) is 5.02. The van der Waals surface area contributed by atoms with Gasteiger partial charge in [0.2, 0.25) is 6.79 Å². The van der Waals surface area contributed by atoms with Crippen LogP contribution in [0.25, 0.3) is 11.1 Å². The smallest absolute Gasteiger partial charge is 0.231 e. The normalized spacial score (nSPS) is 19.8. The van der Waals surface area contributed by atoms with E-state index in [0.29, 0.717) is 12.7 Å². The largest absolute Gasteiger partial charge is 0.454 e. The third-order valence-electron chi connectivity index (χ3n) is 5.02. The van der Waals surface area contributed by atoms with Crippen LogP contribution in [-0.2, 0) is 6.54 Å². The summed E-state index contributed by atoms with van der Waals surface area (Å²) in [4.78, 5) is 7.16. The van der Waals surface area contributed by atoms with Crippen LogP contribution in [0.5, 0.6) is 11.5 Å². The molecule has 1 fully saturated rings. The van der Waals surface area contributed by atoms with Crippen molar-refractivity contribution in [2.75, 3.05) is 19.9 Å². The van der Waals surface area contributed by atoms with Crippen molar-refractivity contribution in [1.29, 1.82) is 0 Å². The zero-order valence-corrected chi connectivity index (χ0v) is 14.2. The molecule has 2 aliphatic rings. The third kappa shape index (κ3) is 2.74.